The fourth-order valence-corrected chi connectivity index (χ4v) is 10.8. The summed E-state index contributed by atoms with van der Waals surface area (Å²) in [6.45, 7) is 0. The van der Waals surface area contributed by atoms with Crippen molar-refractivity contribution in [3.05, 3.63) is 249 Å². The van der Waals surface area contributed by atoms with Crippen LogP contribution in [0, 0.1) is 0 Å². The Kier molecular flexibility index (Phi) is 8.52. The van der Waals surface area contributed by atoms with Crippen molar-refractivity contribution >= 4 is 65.4 Å². The van der Waals surface area contributed by atoms with Crippen molar-refractivity contribution in [1.29, 1.82) is 0 Å². The summed E-state index contributed by atoms with van der Waals surface area (Å²) in [5, 5.41) is 7.46. The van der Waals surface area contributed by atoms with Crippen LogP contribution in [0.5, 0.6) is 0 Å². The number of imidazole rings is 1. The van der Waals surface area contributed by atoms with Crippen molar-refractivity contribution < 1.29 is 0 Å². The molecule has 0 fully saturated rings. The molecule has 5 heteroatoms. The summed E-state index contributed by atoms with van der Waals surface area (Å²) >= 11 is 0. The predicted molar refractivity (Wildman–Crippen MR) is 283 cm³/mol. The van der Waals surface area contributed by atoms with Gasteiger partial charge in [-0.15, -0.1) is 0 Å². The Morgan fingerprint density at radius 3 is 0.985 bits per heavy atom. The molecule has 318 valence electrons. The molecule has 0 N–H and O–H groups in total. The standard InChI is InChI=1S/C63H41N5/c1-2-16-44(17-3-1)63-64-41-62(68(63)47-36-34-46(35-37-47)65-56-24-10-4-18-50(56)51-19-5-11-25-57(51)65)43-32-30-42(31-33-43)45-38-48(66-58-26-12-6-20-52(58)53-21-7-13-27-59(53)66)40-49(39-45)67-60-28-14-8-22-54(60)55-23-9-15-29-61(55)67/h1-41H. The lowest BCUT2D eigenvalue weighted by Crippen LogP contribution is -2.01. The Morgan fingerprint density at radius 2 is 0.574 bits per heavy atom. The summed E-state index contributed by atoms with van der Waals surface area (Å²) in [5.41, 5.74) is 16.9. The number of para-hydroxylation sites is 6. The van der Waals surface area contributed by atoms with Gasteiger partial charge in [0.2, 0.25) is 0 Å². The average Bonchev–Trinajstić information content (AvgIpc) is 4.18. The van der Waals surface area contributed by atoms with Crippen molar-refractivity contribution in [1.82, 2.24) is 23.3 Å². The van der Waals surface area contributed by atoms with Gasteiger partial charge in [-0.3, -0.25) is 4.57 Å². The normalized spacial score (nSPS) is 11.8. The van der Waals surface area contributed by atoms with E-state index in [1.165, 1.54) is 65.4 Å². The summed E-state index contributed by atoms with van der Waals surface area (Å²) in [6, 6.07) is 87.8. The Morgan fingerprint density at radius 1 is 0.235 bits per heavy atom. The van der Waals surface area contributed by atoms with Gasteiger partial charge in [-0.2, -0.15) is 0 Å². The second-order valence-corrected chi connectivity index (χ2v) is 17.6. The van der Waals surface area contributed by atoms with E-state index in [0.717, 1.165) is 56.5 Å². The third kappa shape index (κ3) is 5.86. The molecule has 68 heavy (non-hydrogen) atoms. The topological polar surface area (TPSA) is 32.6 Å². The van der Waals surface area contributed by atoms with Gasteiger partial charge in [0.05, 0.1) is 45.0 Å². The first-order valence-electron chi connectivity index (χ1n) is 23.2. The zero-order valence-corrected chi connectivity index (χ0v) is 36.9. The van der Waals surface area contributed by atoms with Crippen LogP contribution in [0.4, 0.5) is 0 Å². The van der Waals surface area contributed by atoms with E-state index < -0.39 is 0 Å². The van der Waals surface area contributed by atoms with Crippen LogP contribution in [0.15, 0.2) is 249 Å². The highest BCUT2D eigenvalue weighted by molar-refractivity contribution is 6.11. The first-order chi connectivity index (χ1) is 33.7. The van der Waals surface area contributed by atoms with E-state index in [1.807, 2.05) is 6.20 Å². The molecule has 0 saturated heterocycles. The van der Waals surface area contributed by atoms with Crippen LogP contribution in [0.25, 0.3) is 122 Å². The van der Waals surface area contributed by atoms with E-state index >= 15 is 0 Å². The van der Waals surface area contributed by atoms with E-state index in [-0.39, 0.29) is 0 Å². The minimum absolute atomic E-state index is 0.893. The number of nitrogens with zero attached hydrogens (tertiary/aromatic N) is 5. The second kappa shape index (κ2) is 15.2. The van der Waals surface area contributed by atoms with Gasteiger partial charge >= 0.3 is 0 Å². The van der Waals surface area contributed by atoms with Gasteiger partial charge in [0.15, 0.2) is 0 Å². The molecule has 0 aliphatic heterocycles. The van der Waals surface area contributed by atoms with Crippen LogP contribution in [-0.4, -0.2) is 23.3 Å². The maximum absolute atomic E-state index is 5.11. The molecular weight excluding hydrogens is 827 g/mol. The van der Waals surface area contributed by atoms with Crippen LogP contribution < -0.4 is 0 Å². The molecule has 0 amide bonds. The summed E-state index contributed by atoms with van der Waals surface area (Å²) in [6.07, 6.45) is 2.02. The van der Waals surface area contributed by atoms with Crippen molar-refractivity contribution in [2.75, 3.05) is 0 Å². The molecule has 5 nitrogen and oxygen atoms in total. The zero-order chi connectivity index (χ0) is 44.7. The lowest BCUT2D eigenvalue weighted by molar-refractivity contribution is 1.07. The molecule has 0 unspecified atom stereocenters. The first-order valence-corrected chi connectivity index (χ1v) is 23.2. The molecule has 0 radical (unpaired) electrons. The van der Waals surface area contributed by atoms with Crippen LogP contribution in [0.2, 0.25) is 0 Å². The molecule has 0 spiro atoms. The number of aromatic nitrogens is 5. The average molecular weight is 868 g/mol. The number of benzene rings is 10. The lowest BCUT2D eigenvalue weighted by atomic mass is 10.0. The van der Waals surface area contributed by atoms with E-state index in [2.05, 4.69) is 261 Å². The highest BCUT2D eigenvalue weighted by Crippen LogP contribution is 2.39. The van der Waals surface area contributed by atoms with E-state index in [1.54, 1.807) is 0 Å². The van der Waals surface area contributed by atoms with Gasteiger partial charge in [0.1, 0.15) is 5.82 Å². The van der Waals surface area contributed by atoms with E-state index in [9.17, 15) is 0 Å². The molecule has 4 aromatic heterocycles. The fraction of sp³-hybridized carbons (Fsp3) is 0. The van der Waals surface area contributed by atoms with Gasteiger partial charge in [-0.05, 0) is 90.0 Å². The summed E-state index contributed by atoms with van der Waals surface area (Å²) in [4.78, 5) is 5.11. The maximum atomic E-state index is 5.11. The van der Waals surface area contributed by atoms with Crippen LogP contribution in [-0.2, 0) is 0 Å². The molecule has 0 aliphatic carbocycles. The molecule has 14 aromatic rings. The van der Waals surface area contributed by atoms with Gasteiger partial charge < -0.3 is 13.7 Å². The molecule has 10 aromatic carbocycles. The van der Waals surface area contributed by atoms with Crippen molar-refractivity contribution in [3.8, 4) is 56.5 Å². The Hall–Kier alpha value is -9.19. The lowest BCUT2D eigenvalue weighted by Gasteiger charge is -2.16. The van der Waals surface area contributed by atoms with Crippen LogP contribution >= 0.6 is 0 Å². The highest BCUT2D eigenvalue weighted by Gasteiger charge is 2.20. The quantitative estimate of drug-likeness (QED) is 0.157. The third-order valence-electron chi connectivity index (χ3n) is 13.8. The third-order valence-corrected chi connectivity index (χ3v) is 13.8. The van der Waals surface area contributed by atoms with Gasteiger partial charge in [-0.25, -0.2) is 4.98 Å². The maximum Gasteiger partial charge on any atom is 0.144 e. The van der Waals surface area contributed by atoms with Crippen molar-refractivity contribution in [3.63, 3.8) is 0 Å². The zero-order valence-electron chi connectivity index (χ0n) is 36.9. The Labute approximate surface area is 392 Å². The predicted octanol–water partition coefficient (Wildman–Crippen LogP) is 16.2. The van der Waals surface area contributed by atoms with Crippen molar-refractivity contribution in [2.45, 2.75) is 0 Å². The van der Waals surface area contributed by atoms with Gasteiger partial charge in [0.25, 0.3) is 0 Å². The number of fused-ring (bicyclic) bond motifs is 9. The second-order valence-electron chi connectivity index (χ2n) is 17.6. The summed E-state index contributed by atoms with van der Waals surface area (Å²) < 4.78 is 9.51. The minimum Gasteiger partial charge on any atom is -0.309 e. The van der Waals surface area contributed by atoms with Gasteiger partial charge in [-0.1, -0.05) is 164 Å². The monoisotopic (exact) mass is 867 g/mol. The van der Waals surface area contributed by atoms with E-state index in [4.69, 9.17) is 4.98 Å². The molecule has 0 saturated carbocycles. The van der Waals surface area contributed by atoms with E-state index in [0.29, 0.717) is 0 Å². The van der Waals surface area contributed by atoms with Gasteiger partial charge in [0, 0.05) is 66.2 Å². The fourth-order valence-electron chi connectivity index (χ4n) is 10.8. The Balaban J connectivity index is 0.923. The number of hydrogen-bond acceptors (Lipinski definition) is 1. The molecule has 0 atom stereocenters. The molecule has 0 bridgehead atoms. The smallest absolute Gasteiger partial charge is 0.144 e. The Bertz CT molecular complexity index is 3950. The number of rotatable bonds is 7. The molecular formula is C63H41N5. The van der Waals surface area contributed by atoms with Crippen molar-refractivity contribution in [2.24, 2.45) is 0 Å². The number of hydrogen-bond donors (Lipinski definition) is 0. The largest absolute Gasteiger partial charge is 0.309 e. The summed E-state index contributed by atoms with van der Waals surface area (Å²) in [5.74, 6) is 0.893. The van der Waals surface area contributed by atoms with Crippen LogP contribution in [0.3, 0.4) is 0 Å². The van der Waals surface area contributed by atoms with Crippen LogP contribution in [0.1, 0.15) is 0 Å². The highest BCUT2D eigenvalue weighted by atomic mass is 15.1. The minimum atomic E-state index is 0.893. The molecule has 0 aliphatic rings. The molecule has 14 rings (SSSR count). The SMILES string of the molecule is c1ccc(-c2ncc(-c3ccc(-c4cc(-n5c6ccccc6c6ccccc65)cc(-n5c6ccccc6c6ccccc65)c4)cc3)n2-c2ccc(-n3c4ccccc4c4ccccc43)cc2)cc1. The molecule has 4 heterocycles. The summed E-state index contributed by atoms with van der Waals surface area (Å²) in [7, 11) is 0. The first kappa shape index (κ1) is 38.1.